The van der Waals surface area contributed by atoms with E-state index in [1.54, 1.807) is 50.6 Å². The number of hydrogen-bond donors (Lipinski definition) is 2. The molecule has 136 valence electrons. The van der Waals surface area contributed by atoms with E-state index in [1.165, 1.54) is 0 Å². The van der Waals surface area contributed by atoms with Crippen molar-refractivity contribution in [3.63, 3.8) is 0 Å². The molecule has 2 amide bonds. The zero-order chi connectivity index (χ0) is 18.9. The average molecular weight is 354 g/mol. The van der Waals surface area contributed by atoms with E-state index >= 15 is 0 Å². The number of rotatable bonds is 8. The lowest BCUT2D eigenvalue weighted by Gasteiger charge is -2.10. The molecule has 6 heteroatoms. The minimum absolute atomic E-state index is 0.206. The third-order valence-corrected chi connectivity index (χ3v) is 3.72. The number of benzene rings is 2. The highest BCUT2D eigenvalue weighted by molar-refractivity contribution is 5.97. The van der Waals surface area contributed by atoms with Crippen LogP contribution in [-0.2, 0) is 6.54 Å². The van der Waals surface area contributed by atoms with Crippen LogP contribution in [-0.4, -0.2) is 32.6 Å². The van der Waals surface area contributed by atoms with Crippen molar-refractivity contribution in [2.75, 3.05) is 20.8 Å². The standard InChI is InChI=1S/C20H22N2O4/c1-4-11-21-19(23)15-6-8-16(9-7-15)20(24)22-13-14-5-10-17(25-2)18(12-14)26-3/h4-10,12H,1,11,13H2,2-3H3,(H,21,23)(H,22,24). The van der Waals surface area contributed by atoms with E-state index in [0.29, 0.717) is 35.7 Å². The van der Waals surface area contributed by atoms with E-state index in [0.717, 1.165) is 5.56 Å². The Balaban J connectivity index is 1.97. The molecule has 0 fully saturated rings. The quantitative estimate of drug-likeness (QED) is 0.714. The number of carbonyl (C=O) groups is 2. The molecule has 0 aromatic heterocycles. The topological polar surface area (TPSA) is 76.7 Å². The molecule has 0 aliphatic carbocycles. The Bertz CT molecular complexity index is 785. The summed E-state index contributed by atoms with van der Waals surface area (Å²) < 4.78 is 10.4. The van der Waals surface area contributed by atoms with E-state index in [-0.39, 0.29) is 11.8 Å². The van der Waals surface area contributed by atoms with E-state index in [2.05, 4.69) is 17.2 Å². The van der Waals surface area contributed by atoms with Crippen molar-refractivity contribution in [3.8, 4) is 11.5 Å². The van der Waals surface area contributed by atoms with Gasteiger partial charge in [0.15, 0.2) is 11.5 Å². The van der Waals surface area contributed by atoms with Crippen molar-refractivity contribution in [1.82, 2.24) is 10.6 Å². The molecular weight excluding hydrogens is 332 g/mol. The highest BCUT2D eigenvalue weighted by Crippen LogP contribution is 2.27. The molecule has 0 aliphatic heterocycles. The lowest BCUT2D eigenvalue weighted by molar-refractivity contribution is 0.0942. The van der Waals surface area contributed by atoms with Crippen molar-refractivity contribution in [2.24, 2.45) is 0 Å². The van der Waals surface area contributed by atoms with Gasteiger partial charge in [-0.3, -0.25) is 9.59 Å². The smallest absolute Gasteiger partial charge is 0.251 e. The fourth-order valence-electron chi connectivity index (χ4n) is 2.31. The minimum atomic E-state index is -0.224. The predicted molar refractivity (Wildman–Crippen MR) is 99.7 cm³/mol. The van der Waals surface area contributed by atoms with Gasteiger partial charge in [-0.05, 0) is 42.0 Å². The fraction of sp³-hybridized carbons (Fsp3) is 0.200. The Morgan fingerprint density at radius 1 is 0.923 bits per heavy atom. The maximum absolute atomic E-state index is 12.3. The van der Waals surface area contributed by atoms with Gasteiger partial charge in [0.25, 0.3) is 11.8 Å². The third kappa shape index (κ3) is 4.86. The van der Waals surface area contributed by atoms with E-state index < -0.39 is 0 Å². The van der Waals surface area contributed by atoms with Crippen LogP contribution in [0.2, 0.25) is 0 Å². The van der Waals surface area contributed by atoms with Gasteiger partial charge in [0.2, 0.25) is 0 Å². The number of amides is 2. The molecule has 2 aromatic carbocycles. The number of methoxy groups -OCH3 is 2. The number of carbonyl (C=O) groups excluding carboxylic acids is 2. The van der Waals surface area contributed by atoms with Gasteiger partial charge in [-0.15, -0.1) is 6.58 Å². The monoisotopic (exact) mass is 354 g/mol. The summed E-state index contributed by atoms with van der Waals surface area (Å²) in [6, 6.07) is 11.9. The second-order valence-electron chi connectivity index (χ2n) is 5.45. The molecule has 0 saturated heterocycles. The number of hydrogen-bond acceptors (Lipinski definition) is 4. The lowest BCUT2D eigenvalue weighted by Crippen LogP contribution is -2.24. The van der Waals surface area contributed by atoms with Gasteiger partial charge in [0.1, 0.15) is 0 Å². The van der Waals surface area contributed by atoms with Crippen molar-refractivity contribution in [1.29, 1.82) is 0 Å². The second-order valence-corrected chi connectivity index (χ2v) is 5.45. The van der Waals surface area contributed by atoms with E-state index in [9.17, 15) is 9.59 Å². The molecule has 2 N–H and O–H groups in total. The summed E-state index contributed by atoms with van der Waals surface area (Å²) in [7, 11) is 3.13. The molecule has 0 radical (unpaired) electrons. The van der Waals surface area contributed by atoms with Crippen molar-refractivity contribution in [3.05, 3.63) is 71.8 Å². The summed E-state index contributed by atoms with van der Waals surface area (Å²) in [6.07, 6.45) is 1.61. The maximum Gasteiger partial charge on any atom is 0.251 e. The third-order valence-electron chi connectivity index (χ3n) is 3.72. The van der Waals surface area contributed by atoms with Crippen LogP contribution in [0, 0.1) is 0 Å². The number of ether oxygens (including phenoxy) is 2. The molecule has 0 unspecified atom stereocenters. The highest BCUT2D eigenvalue weighted by atomic mass is 16.5. The van der Waals surface area contributed by atoms with Crippen molar-refractivity contribution in [2.45, 2.75) is 6.54 Å². The van der Waals surface area contributed by atoms with Crippen molar-refractivity contribution < 1.29 is 19.1 Å². The van der Waals surface area contributed by atoms with Gasteiger partial charge in [-0.1, -0.05) is 12.1 Å². The van der Waals surface area contributed by atoms with Gasteiger partial charge in [-0.25, -0.2) is 0 Å². The molecule has 0 saturated carbocycles. The highest BCUT2D eigenvalue weighted by Gasteiger charge is 2.09. The molecule has 2 rings (SSSR count). The summed E-state index contributed by atoms with van der Waals surface area (Å²) in [6.45, 7) is 4.29. The Hall–Kier alpha value is -3.28. The summed E-state index contributed by atoms with van der Waals surface area (Å²) in [4.78, 5) is 24.1. The molecule has 0 bridgehead atoms. The van der Waals surface area contributed by atoms with Crippen LogP contribution in [0.15, 0.2) is 55.1 Å². The SMILES string of the molecule is C=CCNC(=O)c1ccc(C(=O)NCc2ccc(OC)c(OC)c2)cc1. The largest absolute Gasteiger partial charge is 0.493 e. The van der Waals surface area contributed by atoms with Gasteiger partial charge in [-0.2, -0.15) is 0 Å². The molecule has 0 heterocycles. The zero-order valence-electron chi connectivity index (χ0n) is 14.9. The first-order valence-corrected chi connectivity index (χ1v) is 8.07. The summed E-state index contributed by atoms with van der Waals surface area (Å²) in [5.74, 6) is 0.807. The second kappa shape index (κ2) is 9.27. The van der Waals surface area contributed by atoms with E-state index in [4.69, 9.17) is 9.47 Å². The van der Waals surface area contributed by atoms with Gasteiger partial charge < -0.3 is 20.1 Å². The Kier molecular flexibility index (Phi) is 6.79. The molecule has 2 aromatic rings. The Morgan fingerprint density at radius 3 is 2.04 bits per heavy atom. The van der Waals surface area contributed by atoms with Gasteiger partial charge in [0.05, 0.1) is 14.2 Å². The first-order chi connectivity index (χ1) is 12.6. The molecule has 6 nitrogen and oxygen atoms in total. The molecule has 0 aliphatic rings. The molecule has 0 spiro atoms. The summed E-state index contributed by atoms with van der Waals surface area (Å²) >= 11 is 0. The molecule has 0 atom stereocenters. The Labute approximate surface area is 152 Å². The van der Waals surface area contributed by atoms with Crippen LogP contribution < -0.4 is 20.1 Å². The van der Waals surface area contributed by atoms with Crippen LogP contribution in [0.5, 0.6) is 11.5 Å². The summed E-state index contributed by atoms with van der Waals surface area (Å²) in [5.41, 5.74) is 1.85. The van der Waals surface area contributed by atoms with E-state index in [1.807, 2.05) is 12.1 Å². The zero-order valence-corrected chi connectivity index (χ0v) is 14.9. The van der Waals surface area contributed by atoms with Crippen LogP contribution in [0.3, 0.4) is 0 Å². The van der Waals surface area contributed by atoms with Gasteiger partial charge in [0, 0.05) is 24.2 Å². The van der Waals surface area contributed by atoms with Crippen LogP contribution in [0.25, 0.3) is 0 Å². The van der Waals surface area contributed by atoms with Crippen LogP contribution >= 0.6 is 0 Å². The van der Waals surface area contributed by atoms with Crippen LogP contribution in [0.1, 0.15) is 26.3 Å². The average Bonchev–Trinajstić information content (AvgIpc) is 2.69. The fourth-order valence-corrected chi connectivity index (χ4v) is 2.31. The minimum Gasteiger partial charge on any atom is -0.493 e. The molecule has 26 heavy (non-hydrogen) atoms. The van der Waals surface area contributed by atoms with Gasteiger partial charge >= 0.3 is 0 Å². The van der Waals surface area contributed by atoms with Crippen molar-refractivity contribution >= 4 is 11.8 Å². The first kappa shape index (κ1) is 19.1. The molecular formula is C20H22N2O4. The first-order valence-electron chi connectivity index (χ1n) is 8.07. The summed E-state index contributed by atoms with van der Waals surface area (Å²) in [5, 5.41) is 5.52. The lowest BCUT2D eigenvalue weighted by atomic mass is 10.1. The maximum atomic E-state index is 12.3. The number of nitrogens with one attached hydrogen (secondary N) is 2. The predicted octanol–water partition coefficient (Wildman–Crippen LogP) is 2.55. The normalized spacial score (nSPS) is 9.92. The van der Waals surface area contributed by atoms with Crippen LogP contribution in [0.4, 0.5) is 0 Å². The Morgan fingerprint density at radius 2 is 1.50 bits per heavy atom.